The van der Waals surface area contributed by atoms with E-state index in [1.165, 1.54) is 6.92 Å². The Kier molecular flexibility index (Phi) is 4.24. The summed E-state index contributed by atoms with van der Waals surface area (Å²) < 4.78 is 10.6. The Hall–Kier alpha value is -2.83. The molecule has 0 bridgehead atoms. The van der Waals surface area contributed by atoms with Crippen LogP contribution in [0.5, 0.6) is 5.75 Å². The van der Waals surface area contributed by atoms with Gasteiger partial charge >= 0.3 is 6.09 Å². The fraction of sp³-hybridized carbons (Fsp3) is 0.353. The van der Waals surface area contributed by atoms with E-state index in [1.54, 1.807) is 12.0 Å². The van der Waals surface area contributed by atoms with Crippen molar-refractivity contribution in [2.45, 2.75) is 20.0 Å². The molecule has 0 aliphatic carbocycles. The van der Waals surface area contributed by atoms with E-state index < -0.39 is 6.09 Å². The molecule has 24 heavy (non-hydrogen) atoms. The Bertz CT molecular complexity index is 806. The van der Waals surface area contributed by atoms with Crippen molar-refractivity contribution in [1.29, 1.82) is 0 Å². The molecule has 1 aliphatic heterocycles. The van der Waals surface area contributed by atoms with Crippen molar-refractivity contribution in [3.8, 4) is 5.75 Å². The molecule has 1 unspecified atom stereocenters. The van der Waals surface area contributed by atoms with Gasteiger partial charge in [-0.1, -0.05) is 0 Å². The zero-order valence-corrected chi connectivity index (χ0v) is 13.8. The summed E-state index contributed by atoms with van der Waals surface area (Å²) >= 11 is 0. The van der Waals surface area contributed by atoms with Crippen LogP contribution in [0, 0.1) is 6.92 Å². The van der Waals surface area contributed by atoms with Gasteiger partial charge in [0, 0.05) is 18.0 Å². The summed E-state index contributed by atoms with van der Waals surface area (Å²) in [6.45, 7) is 3.97. The number of rotatable bonds is 4. The van der Waals surface area contributed by atoms with E-state index in [-0.39, 0.29) is 12.0 Å². The van der Waals surface area contributed by atoms with Crippen LogP contribution in [0.4, 0.5) is 10.5 Å². The number of hydrogen-bond donors (Lipinski definition) is 1. The third-order valence-corrected chi connectivity index (χ3v) is 3.87. The number of fused-ring (bicyclic) bond motifs is 1. The summed E-state index contributed by atoms with van der Waals surface area (Å²) in [4.78, 5) is 29.4. The second-order valence-electron chi connectivity index (χ2n) is 5.72. The highest BCUT2D eigenvalue weighted by Crippen LogP contribution is 2.32. The average molecular weight is 329 g/mol. The van der Waals surface area contributed by atoms with Gasteiger partial charge < -0.3 is 14.8 Å². The Labute approximate surface area is 139 Å². The van der Waals surface area contributed by atoms with E-state index in [2.05, 4.69) is 10.3 Å². The Morgan fingerprint density at radius 2 is 2.25 bits per heavy atom. The third-order valence-electron chi connectivity index (χ3n) is 3.87. The maximum Gasteiger partial charge on any atom is 0.414 e. The number of carbonyl (C=O) groups excluding carboxylic acids is 2. The number of nitrogens with one attached hydrogen (secondary N) is 1. The van der Waals surface area contributed by atoms with E-state index in [9.17, 15) is 9.59 Å². The van der Waals surface area contributed by atoms with Gasteiger partial charge in [-0.05, 0) is 31.2 Å². The molecule has 2 amide bonds. The second-order valence-corrected chi connectivity index (χ2v) is 5.72. The van der Waals surface area contributed by atoms with Crippen LogP contribution in [0.2, 0.25) is 0 Å². The number of aryl methyl sites for hydroxylation is 1. The SMILES string of the molecule is COc1ccc2nc(C)cc(N3CC(CNC(C)=O)OC3=O)c2c1. The Morgan fingerprint density at radius 1 is 1.46 bits per heavy atom. The molecule has 2 heterocycles. The van der Waals surface area contributed by atoms with Gasteiger partial charge in [-0.2, -0.15) is 0 Å². The fourth-order valence-electron chi connectivity index (χ4n) is 2.75. The first-order valence-corrected chi connectivity index (χ1v) is 7.66. The number of aromatic nitrogens is 1. The zero-order valence-electron chi connectivity index (χ0n) is 13.8. The predicted molar refractivity (Wildman–Crippen MR) is 89.3 cm³/mol. The van der Waals surface area contributed by atoms with Crippen LogP contribution in [0.1, 0.15) is 12.6 Å². The van der Waals surface area contributed by atoms with Crippen molar-refractivity contribution >= 4 is 28.6 Å². The molecule has 126 valence electrons. The molecular weight excluding hydrogens is 310 g/mol. The first-order valence-electron chi connectivity index (χ1n) is 7.66. The third kappa shape index (κ3) is 3.10. The number of anilines is 1. The number of pyridine rings is 1. The van der Waals surface area contributed by atoms with Crippen LogP contribution in [0.25, 0.3) is 10.9 Å². The van der Waals surface area contributed by atoms with Gasteiger partial charge in [-0.15, -0.1) is 0 Å². The number of ether oxygens (including phenoxy) is 2. The minimum atomic E-state index is -0.430. The minimum Gasteiger partial charge on any atom is -0.497 e. The van der Waals surface area contributed by atoms with Crippen molar-refractivity contribution < 1.29 is 19.1 Å². The van der Waals surface area contributed by atoms with E-state index in [4.69, 9.17) is 9.47 Å². The van der Waals surface area contributed by atoms with Gasteiger partial charge in [-0.3, -0.25) is 14.7 Å². The number of carbonyl (C=O) groups is 2. The molecule has 7 heteroatoms. The van der Waals surface area contributed by atoms with Gasteiger partial charge in [0.05, 0.1) is 31.4 Å². The lowest BCUT2D eigenvalue weighted by Crippen LogP contribution is -2.33. The highest BCUT2D eigenvalue weighted by Gasteiger charge is 2.33. The molecule has 1 atom stereocenters. The molecule has 7 nitrogen and oxygen atoms in total. The van der Waals surface area contributed by atoms with Crippen LogP contribution < -0.4 is 15.0 Å². The Morgan fingerprint density at radius 3 is 2.96 bits per heavy atom. The van der Waals surface area contributed by atoms with E-state index in [0.29, 0.717) is 18.8 Å². The molecule has 2 aromatic rings. The molecule has 1 aromatic carbocycles. The second kappa shape index (κ2) is 6.35. The first kappa shape index (κ1) is 16.0. The average Bonchev–Trinajstić information content (AvgIpc) is 2.92. The fourth-order valence-corrected chi connectivity index (χ4v) is 2.75. The monoisotopic (exact) mass is 329 g/mol. The van der Waals surface area contributed by atoms with Crippen LogP contribution in [-0.2, 0) is 9.53 Å². The molecule has 1 fully saturated rings. The van der Waals surface area contributed by atoms with Gasteiger partial charge in [0.15, 0.2) is 0 Å². The molecular formula is C17H19N3O4. The maximum absolute atomic E-state index is 12.3. The highest BCUT2D eigenvalue weighted by atomic mass is 16.6. The largest absolute Gasteiger partial charge is 0.497 e. The predicted octanol–water partition coefficient (Wildman–Crippen LogP) is 2.01. The maximum atomic E-state index is 12.3. The smallest absolute Gasteiger partial charge is 0.414 e. The normalized spacial score (nSPS) is 17.0. The van der Waals surface area contributed by atoms with Gasteiger partial charge in [0.1, 0.15) is 11.9 Å². The molecule has 1 saturated heterocycles. The number of benzene rings is 1. The zero-order chi connectivity index (χ0) is 17.3. The van der Waals surface area contributed by atoms with Crippen molar-refractivity contribution in [3.05, 3.63) is 30.0 Å². The molecule has 3 rings (SSSR count). The van der Waals surface area contributed by atoms with E-state index in [1.807, 2.05) is 31.2 Å². The van der Waals surface area contributed by atoms with E-state index >= 15 is 0 Å². The number of cyclic esters (lactones) is 1. The number of hydrogen-bond acceptors (Lipinski definition) is 5. The quantitative estimate of drug-likeness (QED) is 0.928. The van der Waals surface area contributed by atoms with Crippen LogP contribution in [0.15, 0.2) is 24.3 Å². The van der Waals surface area contributed by atoms with Crippen LogP contribution in [-0.4, -0.2) is 43.3 Å². The molecule has 1 N–H and O–H groups in total. The lowest BCUT2D eigenvalue weighted by atomic mass is 10.1. The first-order chi connectivity index (χ1) is 11.5. The van der Waals surface area contributed by atoms with Crippen LogP contribution >= 0.6 is 0 Å². The standard InChI is InChI=1S/C17H19N3O4/c1-10-6-16(14-7-12(23-3)4-5-15(14)19-10)20-9-13(24-17(20)22)8-18-11(2)21/h4-7,13H,8-9H2,1-3H3,(H,18,21). The summed E-state index contributed by atoms with van der Waals surface area (Å²) in [5, 5.41) is 3.49. The lowest BCUT2D eigenvalue weighted by Gasteiger charge is -2.17. The van der Waals surface area contributed by atoms with Crippen molar-refractivity contribution in [1.82, 2.24) is 10.3 Å². The van der Waals surface area contributed by atoms with Gasteiger partial charge in [0.25, 0.3) is 0 Å². The van der Waals surface area contributed by atoms with Crippen molar-refractivity contribution in [2.75, 3.05) is 25.1 Å². The lowest BCUT2D eigenvalue weighted by molar-refractivity contribution is -0.119. The van der Waals surface area contributed by atoms with Crippen molar-refractivity contribution in [2.24, 2.45) is 0 Å². The van der Waals surface area contributed by atoms with Crippen molar-refractivity contribution in [3.63, 3.8) is 0 Å². The summed E-state index contributed by atoms with van der Waals surface area (Å²) in [6, 6.07) is 7.40. The van der Waals surface area contributed by atoms with E-state index in [0.717, 1.165) is 22.3 Å². The number of amides is 2. The van der Waals surface area contributed by atoms with Gasteiger partial charge in [0.2, 0.25) is 5.91 Å². The summed E-state index contributed by atoms with van der Waals surface area (Å²) in [5.41, 5.74) is 2.32. The molecule has 0 radical (unpaired) electrons. The van der Waals surface area contributed by atoms with Crippen LogP contribution in [0.3, 0.4) is 0 Å². The molecule has 1 aliphatic rings. The summed E-state index contributed by atoms with van der Waals surface area (Å²) in [5.74, 6) is 0.538. The summed E-state index contributed by atoms with van der Waals surface area (Å²) in [7, 11) is 1.59. The highest BCUT2D eigenvalue weighted by molar-refractivity contribution is 6.01. The minimum absolute atomic E-state index is 0.153. The Balaban J connectivity index is 1.96. The summed E-state index contributed by atoms with van der Waals surface area (Å²) in [6.07, 6.45) is -0.810. The molecule has 0 spiro atoms. The number of methoxy groups -OCH3 is 1. The topological polar surface area (TPSA) is 80.8 Å². The van der Waals surface area contributed by atoms with Gasteiger partial charge in [-0.25, -0.2) is 4.79 Å². The molecule has 0 saturated carbocycles. The number of nitrogens with zero attached hydrogens (tertiary/aromatic N) is 2. The molecule has 1 aromatic heterocycles.